The summed E-state index contributed by atoms with van der Waals surface area (Å²) in [4.78, 5) is 12.1. The first kappa shape index (κ1) is 18.9. The van der Waals surface area contributed by atoms with Crippen molar-refractivity contribution in [2.24, 2.45) is 5.92 Å². The fourth-order valence-corrected chi connectivity index (χ4v) is 4.88. The van der Waals surface area contributed by atoms with E-state index in [2.05, 4.69) is 17.6 Å². The molecule has 4 N–H and O–H groups in total. The van der Waals surface area contributed by atoms with Crippen LogP contribution in [-0.4, -0.2) is 29.5 Å². The third kappa shape index (κ3) is 3.92. The molecule has 2 atom stereocenters. The number of aliphatic carboxylic acids is 1. The second-order valence-corrected chi connectivity index (χ2v) is 8.20. The molecule has 3 rings (SSSR count). The minimum atomic E-state index is -0.917. The van der Waals surface area contributed by atoms with E-state index in [9.17, 15) is 9.90 Å². The van der Waals surface area contributed by atoms with Crippen molar-refractivity contribution >= 4 is 40.7 Å². The highest BCUT2D eigenvalue weighted by Gasteiger charge is 2.55. The van der Waals surface area contributed by atoms with E-state index >= 15 is 0 Å². The van der Waals surface area contributed by atoms with E-state index in [-0.39, 0.29) is 18.0 Å². The van der Waals surface area contributed by atoms with Gasteiger partial charge in [0.1, 0.15) is 13.3 Å². The third-order valence-electron chi connectivity index (χ3n) is 4.55. The van der Waals surface area contributed by atoms with E-state index in [4.69, 9.17) is 16.7 Å². The van der Waals surface area contributed by atoms with Crippen molar-refractivity contribution in [2.45, 2.75) is 23.0 Å². The van der Waals surface area contributed by atoms with Gasteiger partial charge in [-0.25, -0.2) is 0 Å². The number of aliphatic hydroxyl groups excluding tert-OH is 1. The molecule has 0 radical (unpaired) electrons. The first-order valence-electron chi connectivity index (χ1n) is 8.35. The number of hydrogen-bond donors (Lipinski definition) is 4. The number of rotatable bonds is 8. The summed E-state index contributed by atoms with van der Waals surface area (Å²) in [7, 11) is 0. The second kappa shape index (κ2) is 7.78. The van der Waals surface area contributed by atoms with E-state index in [1.165, 1.54) is 0 Å². The van der Waals surface area contributed by atoms with Crippen LogP contribution in [0.4, 0.5) is 11.4 Å². The molecular formula is C19H21ClN2O3S. The summed E-state index contributed by atoms with van der Waals surface area (Å²) in [6.45, 7) is 1.83. The van der Waals surface area contributed by atoms with Crippen molar-refractivity contribution in [3.05, 3.63) is 53.1 Å². The molecule has 138 valence electrons. The van der Waals surface area contributed by atoms with Gasteiger partial charge in [-0.3, -0.25) is 4.79 Å². The lowest BCUT2D eigenvalue weighted by Crippen LogP contribution is -2.18. The van der Waals surface area contributed by atoms with Gasteiger partial charge in [0.25, 0.3) is 0 Å². The summed E-state index contributed by atoms with van der Waals surface area (Å²) in [5.74, 6) is -0.505. The Hall–Kier alpha value is -1.89. The van der Waals surface area contributed by atoms with E-state index in [1.807, 2.05) is 42.5 Å². The molecule has 1 saturated carbocycles. The van der Waals surface area contributed by atoms with Gasteiger partial charge >= 0.3 is 5.97 Å². The van der Waals surface area contributed by atoms with Crippen molar-refractivity contribution in [3.63, 3.8) is 0 Å². The molecule has 0 spiro atoms. The molecule has 5 nitrogen and oxygen atoms in total. The number of aliphatic hydroxyl groups is 1. The maximum absolute atomic E-state index is 11.0. The van der Waals surface area contributed by atoms with E-state index in [1.54, 1.807) is 11.8 Å². The van der Waals surface area contributed by atoms with Gasteiger partial charge < -0.3 is 20.8 Å². The zero-order valence-corrected chi connectivity index (χ0v) is 15.9. The van der Waals surface area contributed by atoms with Crippen LogP contribution in [0.3, 0.4) is 0 Å². The minimum Gasteiger partial charge on any atom is -0.480 e. The molecule has 0 saturated heterocycles. The number of anilines is 2. The van der Waals surface area contributed by atoms with Crippen LogP contribution in [0.15, 0.2) is 47.4 Å². The SMILES string of the molecule is CC1CC1(Sc1ccc(Cl)cc1)c1c(NCO)cccc1NCC(=O)O. The molecule has 2 unspecified atom stereocenters. The lowest BCUT2D eigenvalue weighted by atomic mass is 10.0. The fraction of sp³-hybridized carbons (Fsp3) is 0.316. The lowest BCUT2D eigenvalue weighted by Gasteiger charge is -2.25. The first-order chi connectivity index (χ1) is 12.5. The maximum Gasteiger partial charge on any atom is 0.322 e. The Labute approximate surface area is 161 Å². The van der Waals surface area contributed by atoms with Crippen molar-refractivity contribution in [1.29, 1.82) is 0 Å². The monoisotopic (exact) mass is 392 g/mol. The average Bonchev–Trinajstić information content (AvgIpc) is 3.25. The second-order valence-electron chi connectivity index (χ2n) is 6.36. The molecule has 2 aromatic rings. The van der Waals surface area contributed by atoms with E-state index < -0.39 is 5.97 Å². The van der Waals surface area contributed by atoms with Gasteiger partial charge in [0.15, 0.2) is 0 Å². The highest BCUT2D eigenvalue weighted by atomic mass is 35.5. The molecule has 0 amide bonds. The van der Waals surface area contributed by atoms with Crippen molar-refractivity contribution in [3.8, 4) is 0 Å². The highest BCUT2D eigenvalue weighted by molar-refractivity contribution is 8.00. The number of halogens is 1. The molecule has 2 aromatic carbocycles. The van der Waals surface area contributed by atoms with Crippen molar-refractivity contribution < 1.29 is 15.0 Å². The number of carboxylic acids is 1. The van der Waals surface area contributed by atoms with Crippen molar-refractivity contribution in [1.82, 2.24) is 0 Å². The summed E-state index contributed by atoms with van der Waals surface area (Å²) in [6.07, 6.45) is 0.964. The Kier molecular flexibility index (Phi) is 5.65. The molecule has 0 heterocycles. The van der Waals surface area contributed by atoms with Gasteiger partial charge in [0, 0.05) is 26.9 Å². The molecule has 7 heteroatoms. The van der Waals surface area contributed by atoms with Crippen LogP contribution in [0.5, 0.6) is 0 Å². The minimum absolute atomic E-state index is 0.161. The predicted molar refractivity (Wildman–Crippen MR) is 106 cm³/mol. The Morgan fingerprint density at radius 1 is 1.23 bits per heavy atom. The van der Waals surface area contributed by atoms with Gasteiger partial charge in [-0.15, -0.1) is 11.8 Å². The summed E-state index contributed by atoms with van der Waals surface area (Å²) in [5, 5.41) is 25.1. The number of nitrogens with one attached hydrogen (secondary N) is 2. The first-order valence-corrected chi connectivity index (χ1v) is 9.54. The van der Waals surface area contributed by atoms with Gasteiger partial charge in [-0.2, -0.15) is 0 Å². The van der Waals surface area contributed by atoms with Crippen molar-refractivity contribution in [2.75, 3.05) is 23.9 Å². The predicted octanol–water partition coefficient (Wildman–Crippen LogP) is 4.23. The normalized spacial score (nSPS) is 21.3. The van der Waals surface area contributed by atoms with Crippen LogP contribution in [0.25, 0.3) is 0 Å². The molecular weight excluding hydrogens is 372 g/mol. The maximum atomic E-state index is 11.0. The van der Waals surface area contributed by atoms with Crippen LogP contribution in [-0.2, 0) is 9.54 Å². The fourth-order valence-electron chi connectivity index (χ4n) is 3.21. The van der Waals surface area contributed by atoms with Crippen LogP contribution < -0.4 is 10.6 Å². The average molecular weight is 393 g/mol. The molecule has 1 aliphatic rings. The number of thioether (sulfide) groups is 1. The van der Waals surface area contributed by atoms with Gasteiger partial charge in [-0.05, 0) is 48.7 Å². The number of carboxylic acid groups (broad SMARTS) is 1. The zero-order chi connectivity index (χ0) is 18.7. The molecule has 1 aliphatic carbocycles. The van der Waals surface area contributed by atoms with Crippen LogP contribution in [0.2, 0.25) is 5.02 Å². The molecule has 0 aromatic heterocycles. The Balaban J connectivity index is 2.00. The largest absolute Gasteiger partial charge is 0.480 e. The summed E-state index contributed by atoms with van der Waals surface area (Å²) in [5.41, 5.74) is 2.59. The van der Waals surface area contributed by atoms with Crippen LogP contribution >= 0.6 is 23.4 Å². The number of benzene rings is 2. The van der Waals surface area contributed by atoms with Crippen LogP contribution in [0.1, 0.15) is 18.9 Å². The summed E-state index contributed by atoms with van der Waals surface area (Å²) < 4.78 is -0.187. The Morgan fingerprint density at radius 3 is 2.38 bits per heavy atom. The molecule has 1 fully saturated rings. The highest BCUT2D eigenvalue weighted by Crippen LogP contribution is 2.66. The zero-order valence-electron chi connectivity index (χ0n) is 14.3. The molecule has 26 heavy (non-hydrogen) atoms. The van der Waals surface area contributed by atoms with E-state index in [0.717, 1.165) is 28.3 Å². The standard InChI is InChI=1S/C19H21ClN2O3S/c1-12-9-19(12,26-14-7-5-13(20)6-8-14)18-15(21-10-17(24)25)3-2-4-16(18)22-11-23/h2-8,12,21-23H,9-11H2,1H3,(H,24,25). The van der Waals surface area contributed by atoms with Gasteiger partial charge in [-0.1, -0.05) is 24.6 Å². The topological polar surface area (TPSA) is 81.6 Å². The number of hydrogen-bond acceptors (Lipinski definition) is 5. The molecule has 0 bridgehead atoms. The Bertz CT molecular complexity index is 800. The summed E-state index contributed by atoms with van der Waals surface area (Å²) in [6, 6.07) is 13.4. The van der Waals surface area contributed by atoms with Gasteiger partial charge in [0.05, 0.1) is 4.75 Å². The Morgan fingerprint density at radius 2 is 1.85 bits per heavy atom. The molecule has 0 aliphatic heterocycles. The van der Waals surface area contributed by atoms with Gasteiger partial charge in [0.2, 0.25) is 0 Å². The smallest absolute Gasteiger partial charge is 0.322 e. The quantitative estimate of drug-likeness (QED) is 0.503. The lowest BCUT2D eigenvalue weighted by molar-refractivity contribution is -0.134. The van der Waals surface area contributed by atoms with E-state index in [0.29, 0.717) is 10.9 Å². The number of carbonyl (C=O) groups is 1. The van der Waals surface area contributed by atoms with Crippen LogP contribution in [0, 0.1) is 5.92 Å². The summed E-state index contributed by atoms with van der Waals surface area (Å²) >= 11 is 7.74. The third-order valence-corrected chi connectivity index (χ3v) is 6.44.